The Balaban J connectivity index is 1.36. The molecule has 0 unspecified atom stereocenters. The lowest BCUT2D eigenvalue weighted by molar-refractivity contribution is -0.194. The number of hydrogen-bond acceptors (Lipinski definition) is 3. The van der Waals surface area contributed by atoms with Gasteiger partial charge in [0.05, 0.1) is 0 Å². The quantitative estimate of drug-likeness (QED) is 0.493. The van der Waals surface area contributed by atoms with Crippen molar-refractivity contribution >= 4 is 17.5 Å². The van der Waals surface area contributed by atoms with Gasteiger partial charge in [-0.25, -0.2) is 0 Å². The van der Waals surface area contributed by atoms with E-state index in [4.69, 9.17) is 0 Å². The molecule has 2 bridgehead atoms. The molecular formula is C33H43NO3. The number of nitrogens with one attached hydrogen (secondary N) is 1. The summed E-state index contributed by atoms with van der Waals surface area (Å²) < 4.78 is 0. The highest BCUT2D eigenvalue weighted by molar-refractivity contribution is 5.98. The SMILES string of the molecule is CC(C)C1=C[C@@]23CC[C@@H]4[C@](C)(CCC[C@]4(C)C(=O)NCc4ccccc4)[C@H]2C[C@@H]1[C@H]1C(=O)CCC(=O)[C@H]13. The third kappa shape index (κ3) is 3.49. The smallest absolute Gasteiger partial charge is 0.226 e. The largest absolute Gasteiger partial charge is 0.352 e. The Labute approximate surface area is 222 Å². The molecule has 1 spiro atoms. The minimum absolute atomic E-state index is 0.00165. The molecule has 37 heavy (non-hydrogen) atoms. The molecule has 198 valence electrons. The van der Waals surface area contributed by atoms with Crippen LogP contribution in [0.2, 0.25) is 0 Å². The molecule has 6 aliphatic rings. The van der Waals surface area contributed by atoms with Crippen molar-refractivity contribution in [2.24, 2.45) is 51.8 Å². The fourth-order valence-corrected chi connectivity index (χ4v) is 10.3. The number of Topliss-reactive ketones (excluding diaryl/α,β-unsaturated/α-hetero) is 2. The predicted molar refractivity (Wildman–Crippen MR) is 144 cm³/mol. The third-order valence-electron chi connectivity index (χ3n) is 11.8. The minimum Gasteiger partial charge on any atom is -0.352 e. The Bertz CT molecular complexity index is 1150. The molecule has 1 amide bonds. The van der Waals surface area contributed by atoms with E-state index in [2.05, 4.69) is 51.2 Å². The van der Waals surface area contributed by atoms with E-state index < -0.39 is 5.41 Å². The van der Waals surface area contributed by atoms with Gasteiger partial charge in [0.2, 0.25) is 5.91 Å². The minimum atomic E-state index is -0.406. The molecule has 4 nitrogen and oxygen atoms in total. The Morgan fingerprint density at radius 2 is 1.73 bits per heavy atom. The van der Waals surface area contributed by atoms with E-state index in [1.807, 2.05) is 18.2 Å². The predicted octanol–water partition coefficient (Wildman–Crippen LogP) is 6.29. The second-order valence-corrected chi connectivity index (χ2v) is 13.8. The molecule has 0 saturated heterocycles. The second kappa shape index (κ2) is 8.64. The van der Waals surface area contributed by atoms with E-state index >= 15 is 0 Å². The van der Waals surface area contributed by atoms with Gasteiger partial charge in [-0.3, -0.25) is 14.4 Å². The number of ketones is 2. The van der Waals surface area contributed by atoms with Crippen molar-refractivity contribution in [1.29, 1.82) is 0 Å². The highest BCUT2D eigenvalue weighted by atomic mass is 16.2. The first-order valence-corrected chi connectivity index (χ1v) is 14.7. The molecule has 0 heterocycles. The van der Waals surface area contributed by atoms with Crippen LogP contribution in [-0.4, -0.2) is 17.5 Å². The summed E-state index contributed by atoms with van der Waals surface area (Å²) in [4.78, 5) is 40.7. The molecule has 7 rings (SSSR count). The van der Waals surface area contributed by atoms with Crippen molar-refractivity contribution < 1.29 is 14.4 Å². The zero-order valence-electron chi connectivity index (χ0n) is 23.0. The number of amides is 1. The van der Waals surface area contributed by atoms with Crippen molar-refractivity contribution in [1.82, 2.24) is 5.32 Å². The van der Waals surface area contributed by atoms with Gasteiger partial charge in [0.15, 0.2) is 0 Å². The summed E-state index contributed by atoms with van der Waals surface area (Å²) in [7, 11) is 0. The second-order valence-electron chi connectivity index (χ2n) is 13.8. The van der Waals surface area contributed by atoms with Gasteiger partial charge in [-0.2, -0.15) is 0 Å². The Morgan fingerprint density at radius 3 is 2.46 bits per heavy atom. The molecule has 4 heteroatoms. The highest BCUT2D eigenvalue weighted by Crippen LogP contribution is 2.74. The van der Waals surface area contributed by atoms with E-state index in [0.29, 0.717) is 48.7 Å². The summed E-state index contributed by atoms with van der Waals surface area (Å²) in [5, 5.41) is 3.29. The first kappa shape index (κ1) is 25.1. The maximum Gasteiger partial charge on any atom is 0.226 e. The average Bonchev–Trinajstić information content (AvgIpc) is 2.89. The number of hydrogen-bond donors (Lipinski definition) is 1. The van der Waals surface area contributed by atoms with Crippen LogP contribution in [0.25, 0.3) is 0 Å². The fourth-order valence-electron chi connectivity index (χ4n) is 10.3. The van der Waals surface area contributed by atoms with Gasteiger partial charge in [0.1, 0.15) is 11.6 Å². The number of allylic oxidation sites excluding steroid dienone is 2. The normalized spacial score (nSPS) is 42.5. The van der Waals surface area contributed by atoms with E-state index in [1.165, 1.54) is 5.57 Å². The van der Waals surface area contributed by atoms with E-state index in [1.54, 1.807) is 0 Å². The number of carbonyl (C=O) groups is 3. The van der Waals surface area contributed by atoms with E-state index in [0.717, 1.165) is 44.1 Å². The summed E-state index contributed by atoms with van der Waals surface area (Å²) in [6, 6.07) is 10.2. The highest BCUT2D eigenvalue weighted by Gasteiger charge is 2.70. The van der Waals surface area contributed by atoms with Crippen molar-refractivity contribution in [3.8, 4) is 0 Å². The molecule has 1 aromatic carbocycles. The van der Waals surface area contributed by atoms with Crippen molar-refractivity contribution in [3.63, 3.8) is 0 Å². The number of carbonyl (C=O) groups excluding carboxylic acids is 3. The van der Waals surface area contributed by atoms with Crippen LogP contribution < -0.4 is 5.32 Å². The molecule has 0 aliphatic heterocycles. The summed E-state index contributed by atoms with van der Waals surface area (Å²) in [5.41, 5.74) is 1.94. The van der Waals surface area contributed by atoms with Crippen molar-refractivity contribution in [3.05, 3.63) is 47.5 Å². The van der Waals surface area contributed by atoms with Crippen LogP contribution in [0, 0.1) is 51.8 Å². The van der Waals surface area contributed by atoms with Crippen LogP contribution in [0.15, 0.2) is 42.0 Å². The van der Waals surface area contributed by atoms with E-state index in [9.17, 15) is 14.4 Å². The molecule has 4 fully saturated rings. The van der Waals surface area contributed by atoms with Crippen LogP contribution in [0.1, 0.15) is 84.6 Å². The van der Waals surface area contributed by atoms with Gasteiger partial charge in [0.25, 0.3) is 0 Å². The Hall–Kier alpha value is -2.23. The summed E-state index contributed by atoms with van der Waals surface area (Å²) in [6.45, 7) is 9.73. The molecule has 4 saturated carbocycles. The molecule has 0 aromatic heterocycles. The molecule has 1 N–H and O–H groups in total. The first-order chi connectivity index (χ1) is 17.6. The van der Waals surface area contributed by atoms with Crippen molar-refractivity contribution in [2.45, 2.75) is 85.6 Å². The van der Waals surface area contributed by atoms with Gasteiger partial charge in [0, 0.05) is 42.1 Å². The lowest BCUT2D eigenvalue weighted by Gasteiger charge is -2.70. The zero-order valence-corrected chi connectivity index (χ0v) is 23.0. The lowest BCUT2D eigenvalue weighted by atomic mass is 9.33. The number of rotatable bonds is 4. The average molecular weight is 502 g/mol. The molecular weight excluding hydrogens is 458 g/mol. The van der Waals surface area contributed by atoms with E-state index in [-0.39, 0.29) is 34.5 Å². The first-order valence-electron chi connectivity index (χ1n) is 14.7. The molecule has 1 aromatic rings. The van der Waals surface area contributed by atoms with Gasteiger partial charge < -0.3 is 5.32 Å². The van der Waals surface area contributed by atoms with Gasteiger partial charge in [-0.15, -0.1) is 0 Å². The van der Waals surface area contributed by atoms with Crippen LogP contribution in [0.5, 0.6) is 0 Å². The maximum atomic E-state index is 13.9. The number of fused-ring (bicyclic) bond motifs is 1. The van der Waals surface area contributed by atoms with Gasteiger partial charge in [-0.1, -0.05) is 76.1 Å². The standard InChI is InChI=1S/C33H43NO3/c1-20(2)23-18-33-16-13-26-31(3,27(33)17-22(23)28-24(35)11-12-25(36)29(28)33)14-8-15-32(26,4)30(37)34-19-21-9-6-5-7-10-21/h5-7,9-10,18,20,22,26-29H,8,11-17,19H2,1-4H3,(H,34,37)/t22-,26+,27+,28-,29+,31-,32-,33-/m0/s1. The fraction of sp³-hybridized carbons (Fsp3) is 0.667. The molecule has 8 atom stereocenters. The Morgan fingerprint density at radius 1 is 1.00 bits per heavy atom. The van der Waals surface area contributed by atoms with Gasteiger partial charge in [-0.05, 0) is 66.8 Å². The van der Waals surface area contributed by atoms with Crippen LogP contribution in [-0.2, 0) is 20.9 Å². The maximum absolute atomic E-state index is 13.9. The Kier molecular flexibility index (Phi) is 5.86. The van der Waals surface area contributed by atoms with Crippen LogP contribution >= 0.6 is 0 Å². The third-order valence-corrected chi connectivity index (χ3v) is 11.8. The topological polar surface area (TPSA) is 63.2 Å². The van der Waals surface area contributed by atoms with Crippen LogP contribution in [0.3, 0.4) is 0 Å². The monoisotopic (exact) mass is 501 g/mol. The number of benzene rings is 1. The molecule has 6 aliphatic carbocycles. The summed E-state index contributed by atoms with van der Waals surface area (Å²) >= 11 is 0. The molecule has 0 radical (unpaired) electrons. The van der Waals surface area contributed by atoms with Crippen LogP contribution in [0.4, 0.5) is 0 Å². The summed E-state index contributed by atoms with van der Waals surface area (Å²) in [5.74, 6) is 1.86. The lowest BCUT2D eigenvalue weighted by Crippen LogP contribution is -2.67. The summed E-state index contributed by atoms with van der Waals surface area (Å²) in [6.07, 6.45) is 9.36. The van der Waals surface area contributed by atoms with Gasteiger partial charge >= 0.3 is 0 Å². The van der Waals surface area contributed by atoms with Crippen molar-refractivity contribution in [2.75, 3.05) is 0 Å². The zero-order chi connectivity index (χ0) is 26.2.